The molecule has 0 amide bonds. The normalized spacial score (nSPS) is 12.5. The van der Waals surface area contributed by atoms with Crippen molar-refractivity contribution >= 4 is 0 Å². The van der Waals surface area contributed by atoms with Crippen molar-refractivity contribution in [3.05, 3.63) is 29.3 Å². The molecule has 0 aliphatic rings. The fourth-order valence-electron chi connectivity index (χ4n) is 1.45. The van der Waals surface area contributed by atoms with Crippen LogP contribution in [-0.4, -0.2) is 19.7 Å². The van der Waals surface area contributed by atoms with Crippen LogP contribution in [0.5, 0.6) is 5.75 Å². The molecule has 2 nitrogen and oxygen atoms in total. The molecule has 0 aromatic heterocycles. The quantitative estimate of drug-likeness (QED) is 0.801. The van der Waals surface area contributed by atoms with Gasteiger partial charge in [0.05, 0.1) is 6.61 Å². The van der Waals surface area contributed by atoms with Gasteiger partial charge in [0.25, 0.3) is 0 Å². The lowest BCUT2D eigenvalue weighted by Crippen LogP contribution is -2.23. The second-order valence-corrected chi connectivity index (χ2v) is 4.10. The Morgan fingerprint density at radius 1 is 1.33 bits per heavy atom. The zero-order valence-electron chi connectivity index (χ0n) is 10.1. The zero-order chi connectivity index (χ0) is 11.3. The van der Waals surface area contributed by atoms with E-state index in [0.29, 0.717) is 6.04 Å². The van der Waals surface area contributed by atoms with Gasteiger partial charge in [-0.2, -0.15) is 0 Å². The first kappa shape index (κ1) is 12.1. The van der Waals surface area contributed by atoms with Gasteiger partial charge in [-0.25, -0.2) is 0 Å². The van der Waals surface area contributed by atoms with Crippen LogP contribution in [0, 0.1) is 13.8 Å². The number of benzene rings is 1. The Morgan fingerprint density at radius 3 is 2.67 bits per heavy atom. The van der Waals surface area contributed by atoms with Gasteiger partial charge in [-0.3, -0.25) is 0 Å². The summed E-state index contributed by atoms with van der Waals surface area (Å²) in [5.74, 6) is 1.00. The van der Waals surface area contributed by atoms with Crippen LogP contribution in [0.2, 0.25) is 0 Å². The van der Waals surface area contributed by atoms with Crippen LogP contribution in [-0.2, 0) is 0 Å². The van der Waals surface area contributed by atoms with Crippen molar-refractivity contribution in [3.63, 3.8) is 0 Å². The van der Waals surface area contributed by atoms with Gasteiger partial charge in [-0.15, -0.1) is 0 Å². The average Bonchev–Trinajstić information content (AvgIpc) is 2.21. The van der Waals surface area contributed by atoms with Crippen molar-refractivity contribution in [1.29, 1.82) is 0 Å². The Labute approximate surface area is 92.6 Å². The van der Waals surface area contributed by atoms with Crippen LogP contribution in [0.1, 0.15) is 24.5 Å². The molecule has 2 heteroatoms. The second-order valence-electron chi connectivity index (χ2n) is 4.10. The highest BCUT2D eigenvalue weighted by molar-refractivity contribution is 5.35. The van der Waals surface area contributed by atoms with Gasteiger partial charge in [0, 0.05) is 6.04 Å². The van der Waals surface area contributed by atoms with Crippen LogP contribution < -0.4 is 10.1 Å². The number of aryl methyl sites for hydroxylation is 2. The molecule has 0 spiro atoms. The molecule has 0 saturated heterocycles. The van der Waals surface area contributed by atoms with Crippen LogP contribution in [0.15, 0.2) is 18.2 Å². The Hall–Kier alpha value is -1.02. The summed E-state index contributed by atoms with van der Waals surface area (Å²) in [6.45, 7) is 7.11. The number of rotatable bonds is 5. The Kier molecular flexibility index (Phi) is 4.63. The molecule has 1 unspecified atom stereocenters. The van der Waals surface area contributed by atoms with Crippen molar-refractivity contribution in [2.24, 2.45) is 0 Å². The summed E-state index contributed by atoms with van der Waals surface area (Å²) in [6.07, 6.45) is 1.03. The van der Waals surface area contributed by atoms with Crippen molar-refractivity contribution in [1.82, 2.24) is 5.32 Å². The maximum Gasteiger partial charge on any atom is 0.122 e. The smallest absolute Gasteiger partial charge is 0.122 e. The summed E-state index contributed by atoms with van der Waals surface area (Å²) in [5, 5.41) is 3.19. The Balaban J connectivity index is 2.44. The van der Waals surface area contributed by atoms with E-state index in [9.17, 15) is 0 Å². The van der Waals surface area contributed by atoms with Gasteiger partial charge in [-0.05, 0) is 45.9 Å². The van der Waals surface area contributed by atoms with Gasteiger partial charge in [0.2, 0.25) is 0 Å². The van der Waals surface area contributed by atoms with Gasteiger partial charge in [0.1, 0.15) is 5.75 Å². The zero-order valence-corrected chi connectivity index (χ0v) is 10.1. The lowest BCUT2D eigenvalue weighted by Gasteiger charge is -2.12. The van der Waals surface area contributed by atoms with Gasteiger partial charge < -0.3 is 10.1 Å². The number of nitrogens with one attached hydrogen (secondary N) is 1. The monoisotopic (exact) mass is 207 g/mol. The molecule has 84 valence electrons. The van der Waals surface area contributed by atoms with Crippen molar-refractivity contribution in [2.75, 3.05) is 13.7 Å². The largest absolute Gasteiger partial charge is 0.493 e. The van der Waals surface area contributed by atoms with E-state index < -0.39 is 0 Å². The first-order valence-electron chi connectivity index (χ1n) is 5.51. The fourth-order valence-corrected chi connectivity index (χ4v) is 1.45. The van der Waals surface area contributed by atoms with E-state index in [1.807, 2.05) is 7.05 Å². The van der Waals surface area contributed by atoms with Crippen LogP contribution in [0.4, 0.5) is 0 Å². The first-order valence-corrected chi connectivity index (χ1v) is 5.51. The SMILES string of the molecule is CNC(C)CCOc1ccc(C)cc1C. The van der Waals surface area contributed by atoms with Gasteiger partial charge >= 0.3 is 0 Å². The molecular formula is C13H21NO. The van der Waals surface area contributed by atoms with Crippen molar-refractivity contribution in [3.8, 4) is 5.75 Å². The fraction of sp³-hybridized carbons (Fsp3) is 0.538. The molecule has 1 aromatic rings. The Morgan fingerprint density at radius 2 is 2.07 bits per heavy atom. The van der Waals surface area contributed by atoms with Crippen molar-refractivity contribution in [2.45, 2.75) is 33.2 Å². The maximum absolute atomic E-state index is 5.72. The molecule has 1 rings (SSSR count). The third-order valence-corrected chi connectivity index (χ3v) is 2.63. The summed E-state index contributed by atoms with van der Waals surface area (Å²) in [4.78, 5) is 0. The van der Waals surface area contributed by atoms with E-state index >= 15 is 0 Å². The molecule has 1 N–H and O–H groups in total. The summed E-state index contributed by atoms with van der Waals surface area (Å²) in [6, 6.07) is 6.80. The first-order chi connectivity index (χ1) is 7.13. The van der Waals surface area contributed by atoms with Gasteiger partial charge in [0.15, 0.2) is 0 Å². The summed E-state index contributed by atoms with van der Waals surface area (Å²) in [5.41, 5.74) is 2.50. The predicted octanol–water partition coefficient (Wildman–Crippen LogP) is 2.68. The third-order valence-electron chi connectivity index (χ3n) is 2.63. The van der Waals surface area contributed by atoms with Crippen molar-refractivity contribution < 1.29 is 4.74 Å². The molecule has 15 heavy (non-hydrogen) atoms. The minimum absolute atomic E-state index is 0.510. The maximum atomic E-state index is 5.72. The number of hydrogen-bond donors (Lipinski definition) is 1. The summed E-state index contributed by atoms with van der Waals surface area (Å²) < 4.78 is 5.72. The molecule has 0 fully saturated rings. The average molecular weight is 207 g/mol. The minimum atomic E-state index is 0.510. The molecule has 0 aliphatic carbocycles. The highest BCUT2D eigenvalue weighted by Gasteiger charge is 2.01. The lowest BCUT2D eigenvalue weighted by atomic mass is 10.1. The highest BCUT2D eigenvalue weighted by Crippen LogP contribution is 2.18. The van der Waals surface area contributed by atoms with E-state index in [1.54, 1.807) is 0 Å². The molecular weight excluding hydrogens is 186 g/mol. The Bertz CT molecular complexity index is 309. The van der Waals surface area contributed by atoms with Crippen LogP contribution >= 0.6 is 0 Å². The summed E-state index contributed by atoms with van der Waals surface area (Å²) in [7, 11) is 1.97. The van der Waals surface area contributed by atoms with Crippen LogP contribution in [0.3, 0.4) is 0 Å². The topological polar surface area (TPSA) is 21.3 Å². The number of ether oxygens (including phenoxy) is 1. The molecule has 0 saturated carbocycles. The molecule has 0 radical (unpaired) electrons. The summed E-state index contributed by atoms with van der Waals surface area (Å²) >= 11 is 0. The molecule has 0 heterocycles. The second kappa shape index (κ2) is 5.76. The molecule has 0 bridgehead atoms. The van der Waals surface area contributed by atoms with E-state index in [1.165, 1.54) is 11.1 Å². The third kappa shape index (κ3) is 3.92. The standard InChI is InChI=1S/C13H21NO/c1-10-5-6-13(11(2)9-10)15-8-7-12(3)14-4/h5-6,9,12,14H,7-8H2,1-4H3. The van der Waals surface area contributed by atoms with Crippen LogP contribution in [0.25, 0.3) is 0 Å². The van der Waals surface area contributed by atoms with Gasteiger partial charge in [-0.1, -0.05) is 17.7 Å². The lowest BCUT2D eigenvalue weighted by molar-refractivity contribution is 0.292. The predicted molar refractivity (Wildman–Crippen MR) is 64.5 cm³/mol. The van der Waals surface area contributed by atoms with E-state index in [2.05, 4.69) is 44.3 Å². The minimum Gasteiger partial charge on any atom is -0.493 e. The molecule has 1 aromatic carbocycles. The van der Waals surface area contributed by atoms with E-state index in [4.69, 9.17) is 4.74 Å². The molecule has 0 aliphatic heterocycles. The molecule has 1 atom stereocenters. The van der Waals surface area contributed by atoms with E-state index in [0.717, 1.165) is 18.8 Å². The number of hydrogen-bond acceptors (Lipinski definition) is 2. The van der Waals surface area contributed by atoms with E-state index in [-0.39, 0.29) is 0 Å². The highest BCUT2D eigenvalue weighted by atomic mass is 16.5.